The van der Waals surface area contributed by atoms with Crippen molar-refractivity contribution in [3.05, 3.63) is 87.7 Å². The number of carbonyl (C=O) groups is 2. The van der Waals surface area contributed by atoms with Crippen LogP contribution < -0.4 is 15.6 Å². The fourth-order valence-corrected chi connectivity index (χ4v) is 5.19. The number of Topliss-reactive ketones (excluding diaryl/α,β-unsaturated/α-hetero) is 1. The molecule has 0 saturated carbocycles. The van der Waals surface area contributed by atoms with Crippen molar-refractivity contribution >= 4 is 40.0 Å². The maximum absolute atomic E-state index is 13.6. The van der Waals surface area contributed by atoms with Gasteiger partial charge in [-0.05, 0) is 74.4 Å². The first-order valence-electron chi connectivity index (χ1n) is 11.2. The molecule has 1 unspecified atom stereocenters. The predicted molar refractivity (Wildman–Crippen MR) is 137 cm³/mol. The number of thioether (sulfide) groups is 1. The number of rotatable bonds is 5. The Balaban J connectivity index is 1.55. The summed E-state index contributed by atoms with van der Waals surface area (Å²) in [7, 11) is 0. The topological polar surface area (TPSA) is 90.3 Å². The second kappa shape index (κ2) is 9.03. The summed E-state index contributed by atoms with van der Waals surface area (Å²) in [5.41, 5.74) is 4.07. The number of hydrogen-bond acceptors (Lipinski definition) is 6. The molecule has 0 bridgehead atoms. The van der Waals surface area contributed by atoms with Gasteiger partial charge in [-0.15, -0.1) is 0 Å². The van der Waals surface area contributed by atoms with Crippen LogP contribution in [0.2, 0.25) is 0 Å². The maximum Gasteiger partial charge on any atom is 0.266 e. The molecular weight excluding hydrogens is 462 g/mol. The van der Waals surface area contributed by atoms with E-state index in [9.17, 15) is 14.4 Å². The molecule has 0 fully saturated rings. The van der Waals surface area contributed by atoms with E-state index in [2.05, 4.69) is 5.32 Å². The van der Waals surface area contributed by atoms with Crippen molar-refractivity contribution in [2.75, 3.05) is 11.9 Å². The van der Waals surface area contributed by atoms with Crippen LogP contribution in [0.4, 0.5) is 5.69 Å². The van der Waals surface area contributed by atoms with E-state index in [1.807, 2.05) is 44.2 Å². The molecule has 8 heteroatoms. The second-order valence-electron chi connectivity index (χ2n) is 8.57. The third-order valence-electron chi connectivity index (χ3n) is 5.76. The van der Waals surface area contributed by atoms with Crippen molar-refractivity contribution in [2.45, 2.75) is 31.2 Å². The number of anilines is 1. The van der Waals surface area contributed by atoms with Gasteiger partial charge in [0.15, 0.2) is 17.5 Å². The molecule has 2 heterocycles. The number of aromatic nitrogens is 2. The van der Waals surface area contributed by atoms with Crippen molar-refractivity contribution < 1.29 is 14.3 Å². The van der Waals surface area contributed by atoms with Crippen molar-refractivity contribution in [2.24, 2.45) is 0 Å². The van der Waals surface area contributed by atoms with Crippen LogP contribution in [0.25, 0.3) is 16.6 Å². The summed E-state index contributed by atoms with van der Waals surface area (Å²) in [5.74, 6) is 0.121. The van der Waals surface area contributed by atoms with E-state index < -0.39 is 5.25 Å². The van der Waals surface area contributed by atoms with Gasteiger partial charge in [0.25, 0.3) is 11.5 Å². The Morgan fingerprint density at radius 2 is 1.80 bits per heavy atom. The molecule has 0 spiro atoms. The molecule has 0 aliphatic carbocycles. The number of aryl methyl sites for hydroxylation is 2. The van der Waals surface area contributed by atoms with Crippen LogP contribution in [0.1, 0.15) is 28.4 Å². The third kappa shape index (κ3) is 4.44. The maximum atomic E-state index is 13.6. The van der Waals surface area contributed by atoms with Crippen molar-refractivity contribution in [1.29, 1.82) is 0 Å². The molecule has 5 rings (SSSR count). The van der Waals surface area contributed by atoms with Crippen LogP contribution in [-0.2, 0) is 4.79 Å². The monoisotopic (exact) mass is 485 g/mol. The number of para-hydroxylation sites is 1. The normalized spacial score (nSPS) is 13.6. The van der Waals surface area contributed by atoms with E-state index in [1.54, 1.807) is 41.8 Å². The van der Waals surface area contributed by atoms with Crippen molar-refractivity contribution in [3.8, 4) is 11.4 Å². The zero-order valence-corrected chi connectivity index (χ0v) is 20.3. The molecule has 0 radical (unpaired) electrons. The lowest BCUT2D eigenvalue weighted by Crippen LogP contribution is -2.26. The van der Waals surface area contributed by atoms with Crippen molar-refractivity contribution in [1.82, 2.24) is 9.55 Å². The summed E-state index contributed by atoms with van der Waals surface area (Å²) in [5, 5.41) is 3.14. The number of ether oxygens (including phenoxy) is 1. The molecule has 1 amide bonds. The zero-order valence-electron chi connectivity index (χ0n) is 19.5. The number of ketones is 1. The molecule has 1 aliphatic rings. The Morgan fingerprint density at radius 1 is 1.06 bits per heavy atom. The van der Waals surface area contributed by atoms with Gasteiger partial charge in [-0.3, -0.25) is 19.0 Å². The molecule has 176 valence electrons. The molecule has 1 aromatic heterocycles. The van der Waals surface area contributed by atoms with Gasteiger partial charge in [-0.2, -0.15) is 0 Å². The number of carbonyl (C=O) groups excluding carboxylic acids is 2. The van der Waals surface area contributed by atoms with E-state index in [0.29, 0.717) is 38.7 Å². The number of hydrogen-bond donors (Lipinski definition) is 1. The first-order chi connectivity index (χ1) is 16.8. The van der Waals surface area contributed by atoms with Gasteiger partial charge in [0.1, 0.15) is 5.75 Å². The average Bonchev–Trinajstić information content (AvgIpc) is 2.82. The highest BCUT2D eigenvalue weighted by atomic mass is 32.2. The van der Waals surface area contributed by atoms with E-state index >= 15 is 0 Å². The van der Waals surface area contributed by atoms with Crippen LogP contribution in [0.5, 0.6) is 5.75 Å². The lowest BCUT2D eigenvalue weighted by molar-refractivity contribution is -0.118. The highest BCUT2D eigenvalue weighted by molar-refractivity contribution is 8.00. The first-order valence-corrected chi connectivity index (χ1v) is 12.1. The zero-order chi connectivity index (χ0) is 24.7. The Morgan fingerprint density at radius 3 is 2.57 bits per heavy atom. The molecule has 1 atom stereocenters. The quantitative estimate of drug-likeness (QED) is 0.250. The Hall–Kier alpha value is -3.91. The third-order valence-corrected chi connectivity index (χ3v) is 6.81. The van der Waals surface area contributed by atoms with Crippen LogP contribution in [0, 0.1) is 13.8 Å². The second-order valence-corrected chi connectivity index (χ2v) is 9.88. The predicted octanol–water partition coefficient (Wildman–Crippen LogP) is 4.70. The van der Waals surface area contributed by atoms with Crippen LogP contribution in [-0.4, -0.2) is 33.1 Å². The largest absolute Gasteiger partial charge is 0.482 e. The van der Waals surface area contributed by atoms with Crippen LogP contribution >= 0.6 is 11.8 Å². The molecule has 1 aliphatic heterocycles. The smallest absolute Gasteiger partial charge is 0.266 e. The van der Waals surface area contributed by atoms with Gasteiger partial charge in [-0.1, -0.05) is 30.0 Å². The molecular formula is C27H23N3O4S. The summed E-state index contributed by atoms with van der Waals surface area (Å²) >= 11 is 1.23. The van der Waals surface area contributed by atoms with E-state index in [1.165, 1.54) is 11.8 Å². The molecule has 7 nitrogen and oxygen atoms in total. The summed E-state index contributed by atoms with van der Waals surface area (Å²) in [6, 6.07) is 18.1. The van der Waals surface area contributed by atoms with Gasteiger partial charge < -0.3 is 10.1 Å². The van der Waals surface area contributed by atoms with Gasteiger partial charge in [0.2, 0.25) is 0 Å². The lowest BCUT2D eigenvalue weighted by atomic mass is 10.1. The van der Waals surface area contributed by atoms with E-state index in [-0.39, 0.29) is 23.9 Å². The number of fused-ring (bicyclic) bond motifs is 2. The van der Waals surface area contributed by atoms with Gasteiger partial charge in [0, 0.05) is 5.56 Å². The summed E-state index contributed by atoms with van der Waals surface area (Å²) in [6.45, 7) is 5.70. The minimum Gasteiger partial charge on any atom is -0.482 e. The highest BCUT2D eigenvalue weighted by Gasteiger charge is 2.24. The van der Waals surface area contributed by atoms with E-state index in [4.69, 9.17) is 9.72 Å². The Labute approximate surface area is 206 Å². The lowest BCUT2D eigenvalue weighted by Gasteiger charge is -2.19. The van der Waals surface area contributed by atoms with Crippen molar-refractivity contribution in [3.63, 3.8) is 0 Å². The molecule has 0 saturated heterocycles. The fraction of sp³-hybridized carbons (Fsp3) is 0.185. The van der Waals surface area contributed by atoms with Crippen LogP contribution in [0.15, 0.2) is 70.6 Å². The first kappa shape index (κ1) is 22.9. The molecule has 35 heavy (non-hydrogen) atoms. The summed E-state index contributed by atoms with van der Waals surface area (Å²) < 4.78 is 6.97. The molecule has 1 N–H and O–H groups in total. The fourth-order valence-electron chi connectivity index (χ4n) is 4.18. The minimum absolute atomic E-state index is 0.0455. The van der Waals surface area contributed by atoms with Gasteiger partial charge in [-0.25, -0.2) is 4.98 Å². The minimum atomic E-state index is -0.543. The standard InChI is InChI=1S/C27H23N3O4S/c1-15-10-16(2)12-19(11-15)30-26(33)20-6-4-5-7-21(20)29-27(30)35-17(3)25(32)18-8-9-23-22(13-18)28-24(31)14-34-23/h4-13,17H,14H2,1-3H3,(H,28,31). The van der Waals surface area contributed by atoms with Gasteiger partial charge in [0.05, 0.1) is 27.5 Å². The Kier molecular flexibility index (Phi) is 5.90. The van der Waals surface area contributed by atoms with Gasteiger partial charge >= 0.3 is 0 Å². The number of nitrogens with zero attached hydrogens (tertiary/aromatic N) is 2. The summed E-state index contributed by atoms with van der Waals surface area (Å²) in [4.78, 5) is 43.3. The molecule has 4 aromatic rings. The highest BCUT2D eigenvalue weighted by Crippen LogP contribution is 2.32. The SMILES string of the molecule is Cc1cc(C)cc(-n2c(SC(C)C(=O)c3ccc4c(c3)NC(=O)CO4)nc3ccccc3c2=O)c1. The Bertz CT molecular complexity index is 1540. The number of nitrogens with one attached hydrogen (secondary N) is 1. The summed E-state index contributed by atoms with van der Waals surface area (Å²) in [6.07, 6.45) is 0. The average molecular weight is 486 g/mol. The number of amides is 1. The van der Waals surface area contributed by atoms with E-state index in [0.717, 1.165) is 11.1 Å². The number of benzene rings is 3. The molecule has 3 aromatic carbocycles. The van der Waals surface area contributed by atoms with Crippen LogP contribution in [0.3, 0.4) is 0 Å².